The van der Waals surface area contributed by atoms with E-state index in [1.165, 1.54) is 0 Å². The van der Waals surface area contributed by atoms with Gasteiger partial charge < -0.3 is 10.1 Å². The summed E-state index contributed by atoms with van der Waals surface area (Å²) in [5.74, 6) is 0.783. The maximum absolute atomic E-state index is 5.60. The van der Waals surface area contributed by atoms with Gasteiger partial charge in [0.05, 0.1) is 0 Å². The first kappa shape index (κ1) is 14.1. The van der Waals surface area contributed by atoms with E-state index in [0.717, 1.165) is 37.3 Å². The molecule has 0 saturated carbocycles. The van der Waals surface area contributed by atoms with Gasteiger partial charge >= 0.3 is 0 Å². The topological polar surface area (TPSA) is 47.0 Å². The molecule has 0 aliphatic heterocycles. The van der Waals surface area contributed by atoms with Crippen LogP contribution < -0.4 is 5.32 Å². The zero-order valence-corrected chi connectivity index (χ0v) is 11.3. The van der Waals surface area contributed by atoms with Crippen molar-refractivity contribution in [1.82, 2.24) is 15.3 Å². The lowest BCUT2D eigenvalue weighted by Gasteiger charge is -2.28. The van der Waals surface area contributed by atoms with Gasteiger partial charge in [-0.2, -0.15) is 0 Å². The van der Waals surface area contributed by atoms with Crippen LogP contribution in [0.3, 0.4) is 0 Å². The van der Waals surface area contributed by atoms with Crippen LogP contribution in [0.25, 0.3) is 0 Å². The van der Waals surface area contributed by atoms with Crippen LogP contribution in [0, 0.1) is 0 Å². The Morgan fingerprint density at radius 3 is 2.18 bits per heavy atom. The van der Waals surface area contributed by atoms with Crippen molar-refractivity contribution in [2.24, 2.45) is 0 Å². The minimum atomic E-state index is -0.337. The molecule has 0 saturated heterocycles. The second-order valence-electron chi connectivity index (χ2n) is 4.10. The van der Waals surface area contributed by atoms with Gasteiger partial charge in [-0.1, -0.05) is 20.8 Å². The summed E-state index contributed by atoms with van der Waals surface area (Å²) in [5, 5.41) is 3.25. The zero-order valence-electron chi connectivity index (χ0n) is 11.3. The molecule has 4 nitrogen and oxygen atoms in total. The minimum Gasteiger partial charge on any atom is -0.370 e. The van der Waals surface area contributed by atoms with E-state index in [1.807, 2.05) is 12.4 Å². The smallest absolute Gasteiger partial charge is 0.160 e. The van der Waals surface area contributed by atoms with Crippen molar-refractivity contribution in [2.75, 3.05) is 13.7 Å². The molecule has 0 aliphatic rings. The van der Waals surface area contributed by atoms with Crippen LogP contribution >= 0.6 is 0 Å². The Hall–Kier alpha value is -1.00. The molecule has 0 fully saturated rings. The van der Waals surface area contributed by atoms with Gasteiger partial charge in [0, 0.05) is 31.6 Å². The minimum absolute atomic E-state index is 0.337. The molecule has 96 valence electrons. The third-order valence-corrected chi connectivity index (χ3v) is 3.22. The molecule has 0 radical (unpaired) electrons. The summed E-state index contributed by atoms with van der Waals surface area (Å²) in [6, 6.07) is 0. The highest BCUT2D eigenvalue weighted by Crippen LogP contribution is 2.29. The molecule has 17 heavy (non-hydrogen) atoms. The van der Waals surface area contributed by atoms with Crippen LogP contribution in [0.5, 0.6) is 0 Å². The second-order valence-corrected chi connectivity index (χ2v) is 4.10. The number of hydrogen-bond acceptors (Lipinski definition) is 4. The van der Waals surface area contributed by atoms with Crippen molar-refractivity contribution in [2.45, 2.75) is 45.8 Å². The van der Waals surface area contributed by atoms with Gasteiger partial charge in [-0.05, 0) is 19.4 Å². The standard InChI is InChI=1S/C13H23N3O/c1-5-13(6-2,17-4)12-15-9-11(10-16-12)8-14-7-3/h9-10,14H,5-8H2,1-4H3. The van der Waals surface area contributed by atoms with E-state index in [1.54, 1.807) is 7.11 Å². The lowest BCUT2D eigenvalue weighted by molar-refractivity contribution is -0.0292. The lowest BCUT2D eigenvalue weighted by atomic mass is 9.96. The van der Waals surface area contributed by atoms with Gasteiger partial charge in [0.1, 0.15) is 5.60 Å². The maximum Gasteiger partial charge on any atom is 0.160 e. The highest BCUT2D eigenvalue weighted by molar-refractivity contribution is 5.09. The molecule has 0 amide bonds. The molecule has 0 atom stereocenters. The monoisotopic (exact) mass is 237 g/mol. The number of rotatable bonds is 7. The van der Waals surface area contributed by atoms with E-state index < -0.39 is 0 Å². The molecule has 0 bridgehead atoms. The zero-order chi connectivity index (χ0) is 12.7. The van der Waals surface area contributed by atoms with Crippen LogP contribution in [-0.2, 0) is 16.9 Å². The summed E-state index contributed by atoms with van der Waals surface area (Å²) in [7, 11) is 1.73. The average molecular weight is 237 g/mol. The fraction of sp³-hybridized carbons (Fsp3) is 0.692. The quantitative estimate of drug-likeness (QED) is 0.790. The number of ether oxygens (including phenoxy) is 1. The van der Waals surface area contributed by atoms with E-state index in [9.17, 15) is 0 Å². The van der Waals surface area contributed by atoms with Crippen molar-refractivity contribution in [1.29, 1.82) is 0 Å². The van der Waals surface area contributed by atoms with E-state index in [4.69, 9.17) is 4.74 Å². The molecule has 0 spiro atoms. The van der Waals surface area contributed by atoms with Crippen LogP contribution in [0.15, 0.2) is 12.4 Å². The average Bonchev–Trinajstić information content (AvgIpc) is 2.40. The molecular weight excluding hydrogens is 214 g/mol. The van der Waals surface area contributed by atoms with Crippen molar-refractivity contribution in [3.63, 3.8) is 0 Å². The van der Waals surface area contributed by atoms with Gasteiger partial charge in [-0.25, -0.2) is 9.97 Å². The Morgan fingerprint density at radius 1 is 1.18 bits per heavy atom. The first-order valence-corrected chi connectivity index (χ1v) is 6.29. The van der Waals surface area contributed by atoms with Crippen LogP contribution in [0.4, 0.5) is 0 Å². The number of methoxy groups -OCH3 is 1. The summed E-state index contributed by atoms with van der Waals surface area (Å²) in [6.45, 7) is 8.05. The van der Waals surface area contributed by atoms with Gasteiger partial charge in [0.2, 0.25) is 0 Å². The van der Waals surface area contributed by atoms with Crippen LogP contribution in [0.2, 0.25) is 0 Å². The molecule has 1 rings (SSSR count). The van der Waals surface area contributed by atoms with Gasteiger partial charge in [-0.15, -0.1) is 0 Å². The third-order valence-electron chi connectivity index (χ3n) is 3.22. The summed E-state index contributed by atoms with van der Waals surface area (Å²) in [5.41, 5.74) is 0.768. The summed E-state index contributed by atoms with van der Waals surface area (Å²) in [4.78, 5) is 8.88. The number of hydrogen-bond donors (Lipinski definition) is 1. The van der Waals surface area contributed by atoms with E-state index in [2.05, 4.69) is 36.1 Å². The summed E-state index contributed by atoms with van der Waals surface area (Å²) < 4.78 is 5.60. The largest absolute Gasteiger partial charge is 0.370 e. The molecular formula is C13H23N3O. The Balaban J connectivity index is 2.84. The molecule has 0 aliphatic carbocycles. The van der Waals surface area contributed by atoms with E-state index >= 15 is 0 Å². The van der Waals surface area contributed by atoms with Gasteiger partial charge in [0.25, 0.3) is 0 Å². The SMILES string of the molecule is CCNCc1cnc(C(CC)(CC)OC)nc1. The number of nitrogens with one attached hydrogen (secondary N) is 1. The first-order chi connectivity index (χ1) is 8.22. The predicted molar refractivity (Wildman–Crippen MR) is 68.7 cm³/mol. The van der Waals surface area contributed by atoms with Crippen LogP contribution in [0.1, 0.15) is 45.0 Å². The molecule has 0 unspecified atom stereocenters. The molecule has 4 heteroatoms. The fourth-order valence-corrected chi connectivity index (χ4v) is 1.90. The van der Waals surface area contributed by atoms with Gasteiger partial charge in [0.15, 0.2) is 5.82 Å². The highest BCUT2D eigenvalue weighted by Gasteiger charge is 2.30. The number of aromatic nitrogens is 2. The first-order valence-electron chi connectivity index (χ1n) is 6.29. The molecule has 0 aromatic carbocycles. The van der Waals surface area contributed by atoms with Gasteiger partial charge in [-0.3, -0.25) is 0 Å². The van der Waals surface area contributed by atoms with E-state index in [0.29, 0.717) is 0 Å². The Kier molecular flexibility index (Phi) is 5.51. The maximum atomic E-state index is 5.60. The Bertz CT molecular complexity index is 312. The Morgan fingerprint density at radius 2 is 1.76 bits per heavy atom. The molecule has 1 aromatic heterocycles. The third kappa shape index (κ3) is 3.23. The summed E-state index contributed by atoms with van der Waals surface area (Å²) >= 11 is 0. The fourth-order valence-electron chi connectivity index (χ4n) is 1.90. The van der Waals surface area contributed by atoms with Crippen molar-refractivity contribution >= 4 is 0 Å². The summed E-state index contributed by atoms with van der Waals surface area (Å²) in [6.07, 6.45) is 5.52. The second kappa shape index (κ2) is 6.67. The lowest BCUT2D eigenvalue weighted by Crippen LogP contribution is -2.29. The molecule has 1 N–H and O–H groups in total. The Labute approximate surface area is 104 Å². The van der Waals surface area contributed by atoms with Crippen molar-refractivity contribution in [3.8, 4) is 0 Å². The van der Waals surface area contributed by atoms with Crippen molar-refractivity contribution in [3.05, 3.63) is 23.8 Å². The van der Waals surface area contributed by atoms with E-state index in [-0.39, 0.29) is 5.60 Å². The van der Waals surface area contributed by atoms with Crippen molar-refractivity contribution < 1.29 is 4.74 Å². The predicted octanol–water partition coefficient (Wildman–Crippen LogP) is 2.25. The molecule has 1 aromatic rings. The molecule has 1 heterocycles. The normalized spacial score (nSPS) is 11.8. The highest BCUT2D eigenvalue weighted by atomic mass is 16.5. The number of nitrogens with zero attached hydrogens (tertiary/aromatic N) is 2. The van der Waals surface area contributed by atoms with Crippen LogP contribution in [-0.4, -0.2) is 23.6 Å².